The normalized spacial score (nSPS) is 14.5. The molecule has 0 heterocycles. The molecule has 2 N–H and O–H groups in total. The van der Waals surface area contributed by atoms with E-state index < -0.39 is 18.0 Å². The van der Waals surface area contributed by atoms with Gasteiger partial charge in [0.25, 0.3) is 0 Å². The van der Waals surface area contributed by atoms with Crippen molar-refractivity contribution in [2.24, 2.45) is 5.92 Å². The average Bonchev–Trinajstić information content (AvgIpc) is 2.27. The van der Waals surface area contributed by atoms with Crippen LogP contribution >= 0.6 is 0 Å². The van der Waals surface area contributed by atoms with Crippen molar-refractivity contribution >= 4 is 12.0 Å². The van der Waals surface area contributed by atoms with Gasteiger partial charge in [0.05, 0.1) is 6.10 Å². The summed E-state index contributed by atoms with van der Waals surface area (Å²) in [5.74, 6) is -2.03. The van der Waals surface area contributed by atoms with Crippen molar-refractivity contribution in [2.45, 2.75) is 13.0 Å². The van der Waals surface area contributed by atoms with Crippen LogP contribution in [0.25, 0.3) is 6.08 Å². The van der Waals surface area contributed by atoms with Gasteiger partial charge in [-0.3, -0.25) is 4.79 Å². The van der Waals surface area contributed by atoms with Crippen molar-refractivity contribution in [3.8, 4) is 0 Å². The predicted octanol–water partition coefficient (Wildman–Crippen LogP) is 2.34. The van der Waals surface area contributed by atoms with Crippen molar-refractivity contribution < 1.29 is 15.0 Å². The van der Waals surface area contributed by atoms with Crippen molar-refractivity contribution in [1.82, 2.24) is 0 Å². The van der Waals surface area contributed by atoms with Crippen LogP contribution in [0.2, 0.25) is 0 Å². The van der Waals surface area contributed by atoms with E-state index in [0.717, 1.165) is 5.56 Å². The van der Waals surface area contributed by atoms with Crippen LogP contribution in [-0.4, -0.2) is 22.3 Å². The molecule has 0 saturated heterocycles. The lowest BCUT2D eigenvalue weighted by atomic mass is 9.95. The SMILES string of the molecule is C=C(C)[C@@H](C(=O)O)[C@@H](O)/C=C/c1ccccc1. The number of hydrogen-bond acceptors (Lipinski definition) is 2. The number of aliphatic hydroxyl groups excluding tert-OH is 1. The van der Waals surface area contributed by atoms with Crippen LogP contribution in [0.3, 0.4) is 0 Å². The second-order valence-electron chi connectivity index (χ2n) is 3.92. The Labute approximate surface area is 101 Å². The van der Waals surface area contributed by atoms with Gasteiger partial charge >= 0.3 is 5.97 Å². The highest BCUT2D eigenvalue weighted by Crippen LogP contribution is 2.16. The standard InChI is InChI=1S/C14H16O3/c1-10(2)13(14(16)17)12(15)9-8-11-6-4-3-5-7-11/h3-9,12-13,15H,1H2,2H3,(H,16,17)/b9-8+/t12-,13+/m0/s1. The Hall–Kier alpha value is -1.87. The molecule has 0 aliphatic heterocycles. The first-order valence-electron chi connectivity index (χ1n) is 5.32. The quantitative estimate of drug-likeness (QED) is 0.766. The van der Waals surface area contributed by atoms with Crippen LogP contribution in [0, 0.1) is 5.92 Å². The van der Waals surface area contributed by atoms with E-state index in [-0.39, 0.29) is 0 Å². The van der Waals surface area contributed by atoms with Gasteiger partial charge in [-0.15, -0.1) is 0 Å². The van der Waals surface area contributed by atoms with E-state index in [9.17, 15) is 9.90 Å². The Balaban J connectivity index is 2.77. The zero-order chi connectivity index (χ0) is 12.8. The molecule has 3 nitrogen and oxygen atoms in total. The number of carbonyl (C=O) groups is 1. The summed E-state index contributed by atoms with van der Waals surface area (Å²) in [7, 11) is 0. The molecule has 0 saturated carbocycles. The van der Waals surface area contributed by atoms with Gasteiger partial charge in [0, 0.05) is 0 Å². The third-order valence-corrected chi connectivity index (χ3v) is 2.42. The number of benzene rings is 1. The summed E-state index contributed by atoms with van der Waals surface area (Å²) in [6.07, 6.45) is 2.11. The largest absolute Gasteiger partial charge is 0.481 e. The Morgan fingerprint density at radius 1 is 1.35 bits per heavy atom. The molecule has 0 spiro atoms. The van der Waals surface area contributed by atoms with E-state index in [0.29, 0.717) is 5.57 Å². The molecule has 0 unspecified atom stereocenters. The van der Waals surface area contributed by atoms with Gasteiger partial charge in [-0.1, -0.05) is 54.6 Å². The Morgan fingerprint density at radius 3 is 2.41 bits per heavy atom. The first kappa shape index (κ1) is 13.2. The van der Waals surface area contributed by atoms with E-state index in [1.54, 1.807) is 13.0 Å². The van der Waals surface area contributed by atoms with Crippen LogP contribution in [0.4, 0.5) is 0 Å². The minimum Gasteiger partial charge on any atom is -0.481 e. The fourth-order valence-electron chi connectivity index (χ4n) is 1.53. The molecule has 0 aromatic heterocycles. The Kier molecular flexibility index (Phi) is 4.67. The van der Waals surface area contributed by atoms with Gasteiger partial charge in [0.2, 0.25) is 0 Å². The van der Waals surface area contributed by atoms with E-state index in [1.165, 1.54) is 6.08 Å². The summed E-state index contributed by atoms with van der Waals surface area (Å²) < 4.78 is 0. The molecule has 0 bridgehead atoms. The lowest BCUT2D eigenvalue weighted by Crippen LogP contribution is -2.27. The molecule has 0 fully saturated rings. The minimum atomic E-state index is -1.07. The number of carboxylic acids is 1. The van der Waals surface area contributed by atoms with Gasteiger partial charge in [-0.05, 0) is 12.5 Å². The van der Waals surface area contributed by atoms with Crippen LogP contribution in [0.1, 0.15) is 12.5 Å². The predicted molar refractivity (Wildman–Crippen MR) is 67.4 cm³/mol. The zero-order valence-electron chi connectivity index (χ0n) is 9.71. The maximum atomic E-state index is 10.9. The molecule has 0 aliphatic rings. The van der Waals surface area contributed by atoms with Crippen LogP contribution in [0.15, 0.2) is 48.6 Å². The molecular formula is C14H16O3. The maximum absolute atomic E-state index is 10.9. The number of aliphatic hydroxyl groups is 1. The topological polar surface area (TPSA) is 57.5 Å². The first-order chi connectivity index (χ1) is 8.02. The van der Waals surface area contributed by atoms with Gasteiger partial charge in [-0.2, -0.15) is 0 Å². The van der Waals surface area contributed by atoms with Crippen molar-refractivity contribution in [3.05, 3.63) is 54.1 Å². The molecule has 0 amide bonds. The monoisotopic (exact) mass is 232 g/mol. The number of hydrogen-bond donors (Lipinski definition) is 2. The average molecular weight is 232 g/mol. The summed E-state index contributed by atoms with van der Waals surface area (Å²) in [4.78, 5) is 10.9. The lowest BCUT2D eigenvalue weighted by Gasteiger charge is -2.15. The third kappa shape index (κ3) is 3.89. The fraction of sp³-hybridized carbons (Fsp3) is 0.214. The first-order valence-corrected chi connectivity index (χ1v) is 5.32. The highest BCUT2D eigenvalue weighted by molar-refractivity contribution is 5.74. The number of rotatable bonds is 5. The summed E-state index contributed by atoms with van der Waals surface area (Å²) >= 11 is 0. The third-order valence-electron chi connectivity index (χ3n) is 2.42. The summed E-state index contributed by atoms with van der Waals surface area (Å²) in [5.41, 5.74) is 1.35. The van der Waals surface area contributed by atoms with E-state index in [4.69, 9.17) is 5.11 Å². The molecular weight excluding hydrogens is 216 g/mol. The highest BCUT2D eigenvalue weighted by Gasteiger charge is 2.24. The van der Waals surface area contributed by atoms with Crippen LogP contribution in [0.5, 0.6) is 0 Å². The van der Waals surface area contributed by atoms with Gasteiger partial charge < -0.3 is 10.2 Å². The molecule has 90 valence electrons. The highest BCUT2D eigenvalue weighted by atomic mass is 16.4. The second-order valence-corrected chi connectivity index (χ2v) is 3.92. The minimum absolute atomic E-state index is 0.433. The zero-order valence-corrected chi connectivity index (χ0v) is 9.71. The fourth-order valence-corrected chi connectivity index (χ4v) is 1.53. The molecule has 1 aromatic carbocycles. The van der Waals surface area contributed by atoms with E-state index in [1.807, 2.05) is 30.3 Å². The van der Waals surface area contributed by atoms with Gasteiger partial charge in [0.15, 0.2) is 0 Å². The Morgan fingerprint density at radius 2 is 1.94 bits per heavy atom. The summed E-state index contributed by atoms with van der Waals surface area (Å²) in [5, 5.41) is 18.7. The molecule has 0 radical (unpaired) electrons. The van der Waals surface area contributed by atoms with Crippen molar-refractivity contribution in [2.75, 3.05) is 0 Å². The van der Waals surface area contributed by atoms with Crippen LogP contribution < -0.4 is 0 Å². The number of carboxylic acid groups (broad SMARTS) is 1. The second kappa shape index (κ2) is 6.01. The van der Waals surface area contributed by atoms with Crippen molar-refractivity contribution in [1.29, 1.82) is 0 Å². The molecule has 0 aliphatic carbocycles. The smallest absolute Gasteiger partial charge is 0.313 e. The van der Waals surface area contributed by atoms with Gasteiger partial charge in [0.1, 0.15) is 5.92 Å². The van der Waals surface area contributed by atoms with Gasteiger partial charge in [-0.25, -0.2) is 0 Å². The Bertz CT molecular complexity index is 406. The lowest BCUT2D eigenvalue weighted by molar-refractivity contribution is -0.142. The van der Waals surface area contributed by atoms with E-state index in [2.05, 4.69) is 6.58 Å². The van der Waals surface area contributed by atoms with Crippen LogP contribution in [-0.2, 0) is 4.79 Å². The molecule has 2 atom stereocenters. The molecule has 1 rings (SSSR count). The summed E-state index contributed by atoms with van der Waals surface area (Å²) in [6.45, 7) is 5.17. The number of aliphatic carboxylic acids is 1. The van der Waals surface area contributed by atoms with Crippen molar-refractivity contribution in [3.63, 3.8) is 0 Å². The summed E-state index contributed by atoms with van der Waals surface area (Å²) in [6, 6.07) is 9.39. The van der Waals surface area contributed by atoms with E-state index >= 15 is 0 Å². The molecule has 17 heavy (non-hydrogen) atoms. The maximum Gasteiger partial charge on any atom is 0.313 e. The molecule has 1 aromatic rings. The molecule has 3 heteroatoms.